The molecule has 94 valence electrons. The van der Waals surface area contributed by atoms with Crippen LogP contribution in [0.4, 0.5) is 0 Å². The lowest BCUT2D eigenvalue weighted by atomic mass is 10.1. The van der Waals surface area contributed by atoms with Crippen LogP contribution in [0.3, 0.4) is 0 Å². The summed E-state index contributed by atoms with van der Waals surface area (Å²) in [6, 6.07) is 0. The van der Waals surface area contributed by atoms with Crippen molar-refractivity contribution in [2.24, 2.45) is 0 Å². The van der Waals surface area contributed by atoms with Crippen LogP contribution < -0.4 is 0 Å². The monoisotopic (exact) mass is 342 g/mol. The fourth-order valence-electron chi connectivity index (χ4n) is 1.29. The lowest BCUT2D eigenvalue weighted by Crippen LogP contribution is -2.15. The second kappa shape index (κ2) is 9.86. The van der Waals surface area contributed by atoms with Gasteiger partial charge in [0.05, 0.1) is 14.2 Å². The Morgan fingerprint density at radius 1 is 1.06 bits per heavy atom. The standard InChI is InChI=1S/C11H19IO4/c1-15-10(13)8-6-4-3-5-7-9(12)11(14)16-2/h9H,3-8H2,1-2H3. The van der Waals surface area contributed by atoms with Gasteiger partial charge in [0, 0.05) is 6.42 Å². The smallest absolute Gasteiger partial charge is 0.318 e. The van der Waals surface area contributed by atoms with Crippen molar-refractivity contribution in [1.29, 1.82) is 0 Å². The van der Waals surface area contributed by atoms with Crippen molar-refractivity contribution >= 4 is 34.5 Å². The van der Waals surface area contributed by atoms with Crippen molar-refractivity contribution in [3.63, 3.8) is 0 Å². The third-order valence-corrected chi connectivity index (χ3v) is 3.40. The molecular formula is C11H19IO4. The van der Waals surface area contributed by atoms with Gasteiger partial charge < -0.3 is 9.47 Å². The minimum atomic E-state index is -0.157. The highest BCUT2D eigenvalue weighted by molar-refractivity contribution is 14.1. The number of alkyl halides is 1. The average molecular weight is 342 g/mol. The number of esters is 2. The molecule has 1 atom stereocenters. The first-order valence-electron chi connectivity index (χ1n) is 5.40. The Morgan fingerprint density at radius 2 is 1.69 bits per heavy atom. The predicted octanol–water partition coefficient (Wildman–Crippen LogP) is 2.48. The number of hydrogen-bond donors (Lipinski definition) is 0. The van der Waals surface area contributed by atoms with E-state index in [9.17, 15) is 9.59 Å². The molecule has 0 N–H and O–H groups in total. The molecule has 0 aliphatic heterocycles. The Morgan fingerprint density at radius 3 is 2.25 bits per heavy atom. The largest absolute Gasteiger partial charge is 0.469 e. The maximum absolute atomic E-state index is 11.1. The molecule has 0 heterocycles. The lowest BCUT2D eigenvalue weighted by Gasteiger charge is -2.06. The maximum Gasteiger partial charge on any atom is 0.318 e. The molecule has 0 bridgehead atoms. The summed E-state index contributed by atoms with van der Waals surface area (Å²) in [4.78, 5) is 21.9. The van der Waals surface area contributed by atoms with Crippen molar-refractivity contribution in [2.75, 3.05) is 14.2 Å². The van der Waals surface area contributed by atoms with Crippen LogP contribution in [-0.2, 0) is 19.1 Å². The first-order valence-corrected chi connectivity index (χ1v) is 6.65. The van der Waals surface area contributed by atoms with Gasteiger partial charge in [-0.15, -0.1) is 0 Å². The van der Waals surface area contributed by atoms with E-state index in [0.717, 1.165) is 32.1 Å². The fourth-order valence-corrected chi connectivity index (χ4v) is 1.99. The van der Waals surface area contributed by atoms with Gasteiger partial charge >= 0.3 is 11.9 Å². The van der Waals surface area contributed by atoms with Crippen LogP contribution in [-0.4, -0.2) is 30.1 Å². The number of rotatable bonds is 8. The molecule has 0 saturated carbocycles. The molecule has 0 saturated heterocycles. The molecular weight excluding hydrogens is 323 g/mol. The first-order chi connectivity index (χ1) is 7.61. The number of carbonyl (C=O) groups excluding carboxylic acids is 2. The molecule has 0 radical (unpaired) electrons. The third-order valence-electron chi connectivity index (χ3n) is 2.27. The summed E-state index contributed by atoms with van der Waals surface area (Å²) in [5, 5.41) is 0. The number of halogens is 1. The van der Waals surface area contributed by atoms with Crippen molar-refractivity contribution in [1.82, 2.24) is 0 Å². The van der Waals surface area contributed by atoms with Crippen LogP contribution >= 0.6 is 22.6 Å². The zero-order valence-corrected chi connectivity index (χ0v) is 12.0. The van der Waals surface area contributed by atoms with Crippen molar-refractivity contribution in [3.8, 4) is 0 Å². The van der Waals surface area contributed by atoms with Gasteiger partial charge in [-0.1, -0.05) is 41.9 Å². The number of methoxy groups -OCH3 is 2. The average Bonchev–Trinajstić information content (AvgIpc) is 2.31. The SMILES string of the molecule is COC(=O)CCCCCCC(I)C(=O)OC. The third kappa shape index (κ3) is 7.90. The van der Waals surface area contributed by atoms with E-state index < -0.39 is 0 Å². The predicted molar refractivity (Wildman–Crippen MR) is 69.5 cm³/mol. The lowest BCUT2D eigenvalue weighted by molar-refractivity contribution is -0.141. The topological polar surface area (TPSA) is 52.6 Å². The number of carbonyl (C=O) groups is 2. The number of unbranched alkanes of at least 4 members (excludes halogenated alkanes) is 3. The van der Waals surface area contributed by atoms with Gasteiger partial charge in [0.25, 0.3) is 0 Å². The molecule has 0 spiro atoms. The molecule has 0 aromatic rings. The van der Waals surface area contributed by atoms with Crippen LogP contribution in [0.5, 0.6) is 0 Å². The quantitative estimate of drug-likeness (QED) is 0.294. The van der Waals surface area contributed by atoms with Gasteiger partial charge in [-0.05, 0) is 12.8 Å². The molecule has 0 amide bonds. The second-order valence-electron chi connectivity index (χ2n) is 3.52. The minimum absolute atomic E-state index is 0.0526. The number of ether oxygens (including phenoxy) is 2. The number of hydrogen-bond acceptors (Lipinski definition) is 4. The summed E-state index contributed by atoms with van der Waals surface area (Å²) < 4.78 is 9.12. The molecule has 0 aliphatic carbocycles. The fraction of sp³-hybridized carbons (Fsp3) is 0.818. The molecule has 4 nitrogen and oxygen atoms in total. The van der Waals surface area contributed by atoms with Crippen LogP contribution in [0.15, 0.2) is 0 Å². The highest BCUT2D eigenvalue weighted by Crippen LogP contribution is 2.14. The van der Waals surface area contributed by atoms with Crippen LogP contribution in [0.1, 0.15) is 38.5 Å². The highest BCUT2D eigenvalue weighted by atomic mass is 127. The van der Waals surface area contributed by atoms with E-state index in [1.54, 1.807) is 0 Å². The highest BCUT2D eigenvalue weighted by Gasteiger charge is 2.13. The van der Waals surface area contributed by atoms with Crippen molar-refractivity contribution < 1.29 is 19.1 Å². The molecule has 0 aromatic carbocycles. The van der Waals surface area contributed by atoms with Crippen molar-refractivity contribution in [2.45, 2.75) is 42.4 Å². The van der Waals surface area contributed by atoms with E-state index in [-0.39, 0.29) is 15.9 Å². The zero-order valence-electron chi connectivity index (χ0n) is 9.83. The Bertz CT molecular complexity index is 218. The summed E-state index contributed by atoms with van der Waals surface area (Å²) in [7, 11) is 2.81. The molecule has 16 heavy (non-hydrogen) atoms. The van der Waals surface area contributed by atoms with E-state index in [4.69, 9.17) is 0 Å². The van der Waals surface area contributed by atoms with E-state index in [1.165, 1.54) is 14.2 Å². The molecule has 0 fully saturated rings. The minimum Gasteiger partial charge on any atom is -0.469 e. The van der Waals surface area contributed by atoms with Gasteiger partial charge in [-0.2, -0.15) is 0 Å². The molecule has 0 rings (SSSR count). The van der Waals surface area contributed by atoms with Gasteiger partial charge in [0.2, 0.25) is 0 Å². The summed E-state index contributed by atoms with van der Waals surface area (Å²) in [5.41, 5.74) is 0. The van der Waals surface area contributed by atoms with Crippen LogP contribution in [0, 0.1) is 0 Å². The molecule has 0 aromatic heterocycles. The van der Waals surface area contributed by atoms with Crippen LogP contribution in [0.25, 0.3) is 0 Å². The van der Waals surface area contributed by atoms with Crippen LogP contribution in [0.2, 0.25) is 0 Å². The maximum atomic E-state index is 11.1. The van der Waals surface area contributed by atoms with E-state index >= 15 is 0 Å². The molecule has 0 aliphatic rings. The Balaban J connectivity index is 3.33. The van der Waals surface area contributed by atoms with Gasteiger partial charge in [0.15, 0.2) is 0 Å². The summed E-state index contributed by atoms with van der Waals surface area (Å²) in [6.45, 7) is 0. The first kappa shape index (κ1) is 15.7. The Hall–Kier alpha value is -0.330. The van der Waals surface area contributed by atoms with Crippen molar-refractivity contribution in [3.05, 3.63) is 0 Å². The van der Waals surface area contributed by atoms with E-state index in [0.29, 0.717) is 6.42 Å². The second-order valence-corrected chi connectivity index (χ2v) is 5.02. The summed E-state index contributed by atoms with van der Waals surface area (Å²) >= 11 is 2.10. The molecule has 1 unspecified atom stereocenters. The molecule has 5 heteroatoms. The normalized spacial score (nSPS) is 11.9. The van der Waals surface area contributed by atoms with E-state index in [2.05, 4.69) is 32.1 Å². The van der Waals surface area contributed by atoms with Gasteiger partial charge in [0.1, 0.15) is 3.92 Å². The Kier molecular flexibility index (Phi) is 9.66. The van der Waals surface area contributed by atoms with Gasteiger partial charge in [-0.25, -0.2) is 0 Å². The summed E-state index contributed by atoms with van der Waals surface area (Å²) in [5.74, 6) is -0.309. The van der Waals surface area contributed by atoms with E-state index in [1.807, 2.05) is 0 Å². The Labute approximate surface area is 110 Å². The summed E-state index contributed by atoms with van der Waals surface area (Å²) in [6.07, 6.45) is 5.21. The van der Waals surface area contributed by atoms with Gasteiger partial charge in [-0.3, -0.25) is 9.59 Å². The zero-order chi connectivity index (χ0) is 12.4.